The molecular formula is C17H30N2O4. The summed E-state index contributed by atoms with van der Waals surface area (Å²) in [6.45, 7) is 7.98. The Morgan fingerprint density at radius 1 is 1.39 bits per heavy atom. The number of nitrogens with zero attached hydrogens (tertiary/aromatic N) is 2. The van der Waals surface area contributed by atoms with Crippen LogP contribution in [0, 0.1) is 11.8 Å². The molecule has 132 valence electrons. The quantitative estimate of drug-likeness (QED) is 0.791. The lowest BCUT2D eigenvalue weighted by molar-refractivity contribution is -0.174. The maximum Gasteiger partial charge on any atom is 0.288 e. The third-order valence-electron chi connectivity index (χ3n) is 4.71. The van der Waals surface area contributed by atoms with Gasteiger partial charge in [0.1, 0.15) is 0 Å². The van der Waals surface area contributed by atoms with Gasteiger partial charge in [-0.3, -0.25) is 4.79 Å². The molecule has 2 heterocycles. The van der Waals surface area contributed by atoms with E-state index in [2.05, 4.69) is 18.9 Å². The zero-order valence-electron chi connectivity index (χ0n) is 14.5. The number of hydrogen-bond donors (Lipinski definition) is 1. The van der Waals surface area contributed by atoms with Crippen LogP contribution in [0.4, 0.5) is 0 Å². The first-order valence-electron chi connectivity index (χ1n) is 8.65. The predicted octanol–water partition coefficient (Wildman–Crippen LogP) is 1.06. The Kier molecular flexibility index (Phi) is 6.87. The van der Waals surface area contributed by atoms with Crippen molar-refractivity contribution in [3.05, 3.63) is 11.8 Å². The van der Waals surface area contributed by atoms with E-state index in [9.17, 15) is 4.79 Å². The van der Waals surface area contributed by atoms with Crippen LogP contribution in [-0.4, -0.2) is 73.5 Å². The lowest BCUT2D eigenvalue weighted by Gasteiger charge is -2.38. The Hall–Kier alpha value is -1.11. The largest absolute Gasteiger partial charge is 0.459 e. The van der Waals surface area contributed by atoms with E-state index in [1.54, 1.807) is 0 Å². The van der Waals surface area contributed by atoms with Gasteiger partial charge in [0.05, 0.1) is 0 Å². The Morgan fingerprint density at radius 3 is 2.70 bits per heavy atom. The van der Waals surface area contributed by atoms with Crippen molar-refractivity contribution in [2.24, 2.45) is 11.8 Å². The van der Waals surface area contributed by atoms with Gasteiger partial charge >= 0.3 is 0 Å². The van der Waals surface area contributed by atoms with Gasteiger partial charge in [0, 0.05) is 45.3 Å². The van der Waals surface area contributed by atoms with Gasteiger partial charge in [0.2, 0.25) is 6.29 Å². The van der Waals surface area contributed by atoms with E-state index >= 15 is 0 Å². The maximum absolute atomic E-state index is 12.7. The molecule has 1 saturated heterocycles. The van der Waals surface area contributed by atoms with Crippen molar-refractivity contribution in [3.63, 3.8) is 0 Å². The van der Waals surface area contributed by atoms with E-state index in [0.717, 1.165) is 39.0 Å². The van der Waals surface area contributed by atoms with E-state index in [1.165, 1.54) is 0 Å². The first-order valence-corrected chi connectivity index (χ1v) is 8.65. The molecule has 6 heteroatoms. The van der Waals surface area contributed by atoms with Crippen LogP contribution >= 0.6 is 0 Å². The van der Waals surface area contributed by atoms with Crippen molar-refractivity contribution in [2.45, 2.75) is 33.0 Å². The van der Waals surface area contributed by atoms with Crippen molar-refractivity contribution >= 4 is 5.91 Å². The van der Waals surface area contributed by atoms with Crippen LogP contribution in [0.5, 0.6) is 0 Å². The molecule has 1 fully saturated rings. The Morgan fingerprint density at radius 2 is 2.09 bits per heavy atom. The molecule has 6 nitrogen and oxygen atoms in total. The molecule has 0 aromatic rings. The molecule has 0 bridgehead atoms. The van der Waals surface area contributed by atoms with Crippen LogP contribution in [0.15, 0.2) is 11.8 Å². The van der Waals surface area contributed by atoms with E-state index in [0.29, 0.717) is 12.4 Å². The van der Waals surface area contributed by atoms with Crippen LogP contribution in [-0.2, 0) is 14.3 Å². The number of amides is 1. The lowest BCUT2D eigenvalue weighted by atomic mass is 9.86. The summed E-state index contributed by atoms with van der Waals surface area (Å²) in [6, 6.07) is 0. The number of aliphatic hydroxyl groups is 1. The highest BCUT2D eigenvalue weighted by atomic mass is 16.7. The van der Waals surface area contributed by atoms with Gasteiger partial charge in [-0.2, -0.15) is 0 Å². The van der Waals surface area contributed by atoms with Crippen LogP contribution in [0.2, 0.25) is 0 Å². The highest BCUT2D eigenvalue weighted by molar-refractivity contribution is 5.91. The van der Waals surface area contributed by atoms with Crippen molar-refractivity contribution < 1.29 is 19.4 Å². The first-order chi connectivity index (χ1) is 11.1. The minimum atomic E-state index is -0.405. The number of piperazine rings is 1. The molecule has 0 unspecified atom stereocenters. The standard InChI is InChI=1S/C17H30N2O4/c1-4-22-17-14(6-5-11-20)13(2)12-15(23-17)16(21)19-9-7-18(3)8-10-19/h12-14,17,20H,4-11H2,1-3H3/t13-,14+,17+/m0/s1. The van der Waals surface area contributed by atoms with Gasteiger partial charge in [0.25, 0.3) is 5.91 Å². The van der Waals surface area contributed by atoms with Crippen LogP contribution in [0.25, 0.3) is 0 Å². The van der Waals surface area contributed by atoms with Crippen LogP contribution < -0.4 is 0 Å². The summed E-state index contributed by atoms with van der Waals surface area (Å²) in [5.74, 6) is 0.750. The number of likely N-dealkylation sites (N-methyl/N-ethyl adjacent to an activating group) is 1. The first kappa shape index (κ1) is 18.2. The number of carbonyl (C=O) groups is 1. The molecule has 0 radical (unpaired) electrons. The molecule has 0 spiro atoms. The Labute approximate surface area is 139 Å². The monoisotopic (exact) mass is 326 g/mol. The van der Waals surface area contributed by atoms with Crippen molar-refractivity contribution in [2.75, 3.05) is 46.4 Å². The smallest absolute Gasteiger partial charge is 0.288 e. The summed E-state index contributed by atoms with van der Waals surface area (Å²) < 4.78 is 11.6. The molecular weight excluding hydrogens is 296 g/mol. The van der Waals surface area contributed by atoms with Crippen molar-refractivity contribution in [1.82, 2.24) is 9.80 Å². The molecule has 2 aliphatic rings. The molecule has 0 saturated carbocycles. The van der Waals surface area contributed by atoms with Gasteiger partial charge < -0.3 is 24.4 Å². The van der Waals surface area contributed by atoms with Crippen LogP contribution in [0.3, 0.4) is 0 Å². The average Bonchev–Trinajstić information content (AvgIpc) is 2.54. The summed E-state index contributed by atoms with van der Waals surface area (Å²) in [5.41, 5.74) is 0. The second-order valence-corrected chi connectivity index (χ2v) is 6.46. The summed E-state index contributed by atoms with van der Waals surface area (Å²) in [6.07, 6.45) is 3.07. The van der Waals surface area contributed by atoms with Gasteiger partial charge in [-0.25, -0.2) is 0 Å². The molecule has 1 amide bonds. The zero-order valence-corrected chi connectivity index (χ0v) is 14.5. The van der Waals surface area contributed by atoms with E-state index in [-0.39, 0.29) is 24.3 Å². The van der Waals surface area contributed by atoms with Gasteiger partial charge in [-0.1, -0.05) is 6.92 Å². The number of hydrogen-bond acceptors (Lipinski definition) is 5. The number of allylic oxidation sites excluding steroid dienone is 1. The zero-order chi connectivity index (χ0) is 16.8. The fourth-order valence-electron chi connectivity index (χ4n) is 3.20. The fourth-order valence-corrected chi connectivity index (χ4v) is 3.20. The molecule has 0 aromatic heterocycles. The Balaban J connectivity index is 2.05. The summed E-state index contributed by atoms with van der Waals surface area (Å²) in [7, 11) is 2.07. The van der Waals surface area contributed by atoms with Gasteiger partial charge in [0.15, 0.2) is 5.76 Å². The summed E-state index contributed by atoms with van der Waals surface area (Å²) in [5, 5.41) is 9.07. The van der Waals surface area contributed by atoms with E-state index in [1.807, 2.05) is 17.9 Å². The van der Waals surface area contributed by atoms with E-state index in [4.69, 9.17) is 14.6 Å². The van der Waals surface area contributed by atoms with Crippen molar-refractivity contribution in [3.8, 4) is 0 Å². The molecule has 1 N–H and O–H groups in total. The van der Waals surface area contributed by atoms with Gasteiger partial charge in [-0.05, 0) is 38.8 Å². The third kappa shape index (κ3) is 4.68. The molecule has 3 atom stereocenters. The number of carbonyl (C=O) groups excluding carboxylic acids is 1. The average molecular weight is 326 g/mol. The van der Waals surface area contributed by atoms with Crippen molar-refractivity contribution in [1.29, 1.82) is 0 Å². The predicted molar refractivity (Wildman–Crippen MR) is 87.6 cm³/mol. The summed E-state index contributed by atoms with van der Waals surface area (Å²) in [4.78, 5) is 16.8. The fraction of sp³-hybridized carbons (Fsp3) is 0.824. The Bertz CT molecular complexity index is 419. The number of rotatable bonds is 6. The van der Waals surface area contributed by atoms with Crippen LogP contribution in [0.1, 0.15) is 26.7 Å². The van der Waals surface area contributed by atoms with E-state index < -0.39 is 6.29 Å². The minimum absolute atomic E-state index is 0.0322. The minimum Gasteiger partial charge on any atom is -0.459 e. The number of aliphatic hydroxyl groups excluding tert-OH is 1. The number of ether oxygens (including phenoxy) is 2. The SMILES string of the molecule is CCO[C@@H]1OC(C(=O)N2CCN(C)CC2)=C[C@H](C)[C@H]1CCCO. The van der Waals surface area contributed by atoms with Gasteiger partial charge in [-0.15, -0.1) is 0 Å². The second-order valence-electron chi connectivity index (χ2n) is 6.46. The maximum atomic E-state index is 12.7. The second kappa shape index (κ2) is 8.66. The highest BCUT2D eigenvalue weighted by Crippen LogP contribution is 2.33. The lowest BCUT2D eigenvalue weighted by Crippen LogP contribution is -2.49. The molecule has 2 rings (SSSR count). The molecule has 0 aromatic carbocycles. The highest BCUT2D eigenvalue weighted by Gasteiger charge is 2.36. The molecule has 23 heavy (non-hydrogen) atoms. The normalized spacial score (nSPS) is 29.1. The molecule has 0 aliphatic carbocycles. The molecule has 2 aliphatic heterocycles. The third-order valence-corrected chi connectivity index (χ3v) is 4.71. The summed E-state index contributed by atoms with van der Waals surface area (Å²) >= 11 is 0. The topological polar surface area (TPSA) is 62.2 Å².